The van der Waals surface area contributed by atoms with E-state index in [1.165, 1.54) is 20.8 Å². The van der Waals surface area contributed by atoms with Gasteiger partial charge >= 0.3 is 24.1 Å². The summed E-state index contributed by atoms with van der Waals surface area (Å²) in [5.41, 5.74) is -4.85. The molecule has 2 N–H and O–H groups in total. The lowest BCUT2D eigenvalue weighted by Crippen LogP contribution is -2.63. The van der Waals surface area contributed by atoms with E-state index in [-0.39, 0.29) is 38.0 Å². The van der Waals surface area contributed by atoms with Crippen LogP contribution in [0, 0.1) is 17.3 Å². The lowest BCUT2D eigenvalue weighted by molar-refractivity contribution is -0.300. The van der Waals surface area contributed by atoms with Gasteiger partial charge in [-0.2, -0.15) is 13.2 Å². The minimum Gasteiger partial charge on any atom is -0.457 e. The number of likely N-dealkylation sites (N-methyl/N-ethyl adjacent to an activating group) is 1. The van der Waals surface area contributed by atoms with Crippen molar-refractivity contribution in [3.8, 4) is 0 Å². The molecule has 5 saturated heterocycles. The molecule has 13 nitrogen and oxygen atoms in total. The third kappa shape index (κ3) is 7.50. The summed E-state index contributed by atoms with van der Waals surface area (Å²) in [6.07, 6.45) is -10.8. The molecule has 2 unspecified atom stereocenters. The van der Waals surface area contributed by atoms with Crippen molar-refractivity contribution in [2.75, 3.05) is 27.2 Å². The van der Waals surface area contributed by atoms with E-state index < -0.39 is 102 Å². The molecule has 2 amide bonds. The third-order valence-corrected chi connectivity index (χ3v) is 11.3. The first-order valence-electron chi connectivity index (χ1n) is 17.4. The number of aliphatic hydroxyl groups is 1. The maximum atomic E-state index is 14.6. The Balaban J connectivity index is 1.87. The molecule has 5 aliphatic heterocycles. The van der Waals surface area contributed by atoms with E-state index in [0.29, 0.717) is 11.3 Å². The SMILES string of the molecule is CC[C@H]1OC(=O)[C@@]2(C)CCO[C@@](C)(C[C@@H](C)CN(C(=O)C(F)(F)F)[C@H](C)[C@H]3NC(=O)O[C@@]31C)[C@H](O[C@@H]1O[C@H](C)CC(N(C)C)C1O)[C@@H](C)C2=O. The van der Waals surface area contributed by atoms with Gasteiger partial charge in [0.2, 0.25) is 0 Å². The number of amides is 2. The summed E-state index contributed by atoms with van der Waals surface area (Å²) in [5, 5.41) is 13.9. The number of alkyl halides is 3. The number of nitrogens with zero attached hydrogens (tertiary/aromatic N) is 2. The van der Waals surface area contributed by atoms with Crippen LogP contribution in [-0.2, 0) is 38.1 Å². The van der Waals surface area contributed by atoms with Crippen molar-refractivity contribution in [1.29, 1.82) is 0 Å². The van der Waals surface area contributed by atoms with E-state index in [1.54, 1.807) is 27.7 Å². The molecule has 0 aromatic rings. The zero-order valence-corrected chi connectivity index (χ0v) is 30.7. The molecule has 0 saturated carbocycles. The quantitative estimate of drug-likeness (QED) is 0.325. The number of halogens is 3. The van der Waals surface area contributed by atoms with Gasteiger partial charge in [-0.25, -0.2) is 4.79 Å². The Morgan fingerprint density at radius 1 is 1.12 bits per heavy atom. The summed E-state index contributed by atoms with van der Waals surface area (Å²) in [5.74, 6) is -5.32. The lowest BCUT2D eigenvalue weighted by Gasteiger charge is -2.49. The number of carbonyl (C=O) groups excluding carboxylic acids is 4. The highest BCUT2D eigenvalue weighted by Gasteiger charge is 2.60. The van der Waals surface area contributed by atoms with Crippen LogP contribution in [0.1, 0.15) is 81.1 Å². The minimum absolute atomic E-state index is 0.00264. The van der Waals surface area contributed by atoms with Crippen LogP contribution in [0.4, 0.5) is 18.0 Å². The highest BCUT2D eigenvalue weighted by Crippen LogP contribution is 2.44. The van der Waals surface area contributed by atoms with Crippen molar-refractivity contribution in [1.82, 2.24) is 15.1 Å². The molecule has 0 radical (unpaired) electrons. The average molecular weight is 722 g/mol. The Hall–Kier alpha value is -2.53. The first kappa shape index (κ1) is 40.2. The van der Waals surface area contributed by atoms with Crippen molar-refractivity contribution in [2.24, 2.45) is 17.3 Å². The number of fused-ring (bicyclic) bond motifs is 10. The first-order valence-corrected chi connectivity index (χ1v) is 17.4. The average Bonchev–Trinajstić information content (AvgIpc) is 3.33. The second-order valence-corrected chi connectivity index (χ2v) is 15.5. The fraction of sp³-hybridized carbons (Fsp3) is 0.882. The second-order valence-electron chi connectivity index (χ2n) is 15.5. The molecule has 0 aromatic carbocycles. The summed E-state index contributed by atoms with van der Waals surface area (Å²) in [7, 11) is 3.63. The summed E-state index contributed by atoms with van der Waals surface area (Å²) < 4.78 is 73.2. The van der Waals surface area contributed by atoms with E-state index in [1.807, 2.05) is 25.9 Å². The van der Waals surface area contributed by atoms with Crippen LogP contribution in [-0.4, -0.2) is 132 Å². The van der Waals surface area contributed by atoms with Crippen molar-refractivity contribution >= 4 is 23.8 Å². The van der Waals surface area contributed by atoms with E-state index >= 15 is 0 Å². The number of aliphatic hydroxyl groups excluding tert-OH is 1. The normalized spacial score (nSPS) is 43.7. The predicted molar refractivity (Wildman–Crippen MR) is 172 cm³/mol. The van der Waals surface area contributed by atoms with Crippen LogP contribution in [0.2, 0.25) is 0 Å². The number of ketones is 1. The van der Waals surface area contributed by atoms with E-state index in [0.717, 1.165) is 0 Å². The van der Waals surface area contributed by atoms with Gasteiger partial charge in [-0.05, 0) is 80.3 Å². The van der Waals surface area contributed by atoms with E-state index in [4.69, 9.17) is 23.7 Å². The van der Waals surface area contributed by atoms with Crippen molar-refractivity contribution < 1.29 is 61.1 Å². The number of alkyl carbamates (subject to hydrolysis) is 1. The molecular formula is C34H54F3N3O10. The Morgan fingerprint density at radius 2 is 1.76 bits per heavy atom. The summed E-state index contributed by atoms with van der Waals surface area (Å²) >= 11 is 0. The highest BCUT2D eigenvalue weighted by molar-refractivity contribution is 6.04. The molecular weight excluding hydrogens is 667 g/mol. The summed E-state index contributed by atoms with van der Waals surface area (Å²) in [4.78, 5) is 57.0. The Kier molecular flexibility index (Phi) is 11.7. The number of nitrogens with one attached hydrogen (secondary N) is 1. The van der Waals surface area contributed by atoms with Gasteiger partial charge in [0.05, 0.1) is 29.9 Å². The van der Waals surface area contributed by atoms with Gasteiger partial charge in [-0.3, -0.25) is 14.4 Å². The first-order chi connectivity index (χ1) is 23.0. The minimum atomic E-state index is -5.25. The van der Waals surface area contributed by atoms with E-state index in [2.05, 4.69) is 5.32 Å². The van der Waals surface area contributed by atoms with Gasteiger partial charge in [-0.1, -0.05) is 20.8 Å². The van der Waals surface area contributed by atoms with Crippen LogP contribution in [0.15, 0.2) is 0 Å². The molecule has 5 rings (SSSR count). The van der Waals surface area contributed by atoms with Crippen LogP contribution in [0.5, 0.6) is 0 Å². The molecule has 16 heteroatoms. The number of ether oxygens (including phenoxy) is 5. The van der Waals surface area contributed by atoms with Crippen molar-refractivity contribution in [2.45, 2.75) is 147 Å². The fourth-order valence-corrected chi connectivity index (χ4v) is 8.46. The van der Waals surface area contributed by atoms with Crippen LogP contribution < -0.4 is 5.32 Å². The molecule has 5 heterocycles. The molecule has 286 valence electrons. The lowest BCUT2D eigenvalue weighted by atomic mass is 9.70. The summed E-state index contributed by atoms with van der Waals surface area (Å²) in [6, 6.07) is -2.86. The highest BCUT2D eigenvalue weighted by atomic mass is 19.4. The smallest absolute Gasteiger partial charge is 0.457 e. The summed E-state index contributed by atoms with van der Waals surface area (Å²) in [6.45, 7) is 12.1. The van der Waals surface area contributed by atoms with Gasteiger partial charge < -0.3 is 43.9 Å². The maximum Gasteiger partial charge on any atom is 0.471 e. The Labute approximate surface area is 291 Å². The van der Waals surface area contributed by atoms with Gasteiger partial charge in [0, 0.05) is 25.1 Å². The molecule has 0 aliphatic carbocycles. The second kappa shape index (κ2) is 14.5. The molecule has 0 aromatic heterocycles. The predicted octanol–water partition coefficient (Wildman–Crippen LogP) is 3.20. The molecule has 50 heavy (non-hydrogen) atoms. The number of rotatable bonds is 4. The zero-order chi connectivity index (χ0) is 37.7. The van der Waals surface area contributed by atoms with Gasteiger partial charge in [0.1, 0.15) is 17.6 Å². The zero-order valence-electron chi connectivity index (χ0n) is 30.7. The van der Waals surface area contributed by atoms with Gasteiger partial charge in [0.25, 0.3) is 0 Å². The molecule has 0 spiro atoms. The van der Waals surface area contributed by atoms with Crippen molar-refractivity contribution in [3.05, 3.63) is 0 Å². The molecule has 13 atom stereocenters. The van der Waals surface area contributed by atoms with Gasteiger partial charge in [-0.15, -0.1) is 0 Å². The molecule has 2 bridgehead atoms. The van der Waals surface area contributed by atoms with Crippen LogP contribution in [0.3, 0.4) is 0 Å². The van der Waals surface area contributed by atoms with Crippen LogP contribution in [0.25, 0.3) is 0 Å². The topological polar surface area (TPSA) is 153 Å². The fourth-order valence-electron chi connectivity index (χ4n) is 8.46. The third-order valence-electron chi connectivity index (χ3n) is 11.3. The van der Waals surface area contributed by atoms with Crippen LogP contribution >= 0.6 is 0 Å². The largest absolute Gasteiger partial charge is 0.471 e. The number of hydrogen-bond acceptors (Lipinski definition) is 11. The Bertz CT molecular complexity index is 1300. The number of esters is 1. The number of Topliss-reactive ketones (excluding diaryl/α,β-unsaturated/α-hetero) is 1. The maximum absolute atomic E-state index is 14.6. The number of carbonyl (C=O) groups is 4. The van der Waals surface area contributed by atoms with E-state index in [9.17, 15) is 37.5 Å². The Morgan fingerprint density at radius 3 is 2.34 bits per heavy atom. The standard InChI is InChI=1S/C34H54F3N3O10/c1-11-22-33(8)24(38-30(45)50-33)20(5)40(28(43)34(35,36)37)16-17(2)15-32(7)26(49-27-23(41)21(39(9)10)14-18(3)47-27)19(4)25(42)31(6,12-13-46-32)29(44)48-22/h17-24,26-27,41H,11-16H2,1-10H3,(H,38,45)/t17-,18-,19+,20-,21?,22-,23?,24-,26-,27+,31+,32+,33-/m1/s1. The van der Waals surface area contributed by atoms with Gasteiger partial charge in [0.15, 0.2) is 17.7 Å². The monoisotopic (exact) mass is 721 g/mol. The number of hydrogen-bond donors (Lipinski definition) is 2. The van der Waals surface area contributed by atoms with Crippen molar-refractivity contribution in [3.63, 3.8) is 0 Å². The molecule has 5 fully saturated rings. The molecule has 5 aliphatic rings.